The standard InChI is InChI=1S/C18H16BrNO3S/c19-15-10-8-14(24-15)9-11-16(21)23-17(12-4-2-1-3-5-12)18(22)20-13-6-7-13/h1-5,8-11,13,17H,6-7H2,(H,20,22)/b11-9+/t17-/m0/s1. The fourth-order valence-corrected chi connectivity index (χ4v) is 3.46. The fourth-order valence-electron chi connectivity index (χ4n) is 2.13. The zero-order chi connectivity index (χ0) is 16.9. The van der Waals surface area contributed by atoms with Crippen molar-refractivity contribution in [1.82, 2.24) is 5.32 Å². The molecule has 0 aliphatic heterocycles. The van der Waals surface area contributed by atoms with Crippen molar-refractivity contribution in [3.8, 4) is 0 Å². The summed E-state index contributed by atoms with van der Waals surface area (Å²) in [7, 11) is 0. The van der Waals surface area contributed by atoms with Gasteiger partial charge in [-0.3, -0.25) is 4.79 Å². The lowest BCUT2D eigenvalue weighted by atomic mass is 10.1. The summed E-state index contributed by atoms with van der Waals surface area (Å²) in [5.74, 6) is -0.816. The minimum absolute atomic E-state index is 0.210. The predicted molar refractivity (Wildman–Crippen MR) is 97.5 cm³/mol. The van der Waals surface area contributed by atoms with E-state index in [2.05, 4.69) is 21.2 Å². The lowest BCUT2D eigenvalue weighted by Crippen LogP contribution is -2.33. The molecule has 1 heterocycles. The Morgan fingerprint density at radius 3 is 2.58 bits per heavy atom. The third kappa shape index (κ3) is 4.79. The van der Waals surface area contributed by atoms with Gasteiger partial charge in [0, 0.05) is 22.6 Å². The molecule has 24 heavy (non-hydrogen) atoms. The predicted octanol–water partition coefficient (Wildman–Crippen LogP) is 4.09. The SMILES string of the molecule is O=C(/C=C/c1ccc(Br)s1)O[C@H](C(=O)NC1CC1)c1ccccc1. The molecule has 1 aromatic carbocycles. The van der Waals surface area contributed by atoms with Gasteiger partial charge in [-0.2, -0.15) is 0 Å². The van der Waals surface area contributed by atoms with E-state index < -0.39 is 12.1 Å². The summed E-state index contributed by atoms with van der Waals surface area (Å²) in [4.78, 5) is 25.4. The molecule has 0 spiro atoms. The van der Waals surface area contributed by atoms with Gasteiger partial charge < -0.3 is 10.1 Å². The number of carbonyl (C=O) groups excluding carboxylic acids is 2. The Morgan fingerprint density at radius 2 is 1.96 bits per heavy atom. The highest BCUT2D eigenvalue weighted by atomic mass is 79.9. The molecule has 1 aromatic heterocycles. The van der Waals surface area contributed by atoms with Crippen LogP contribution in [0.4, 0.5) is 0 Å². The van der Waals surface area contributed by atoms with Gasteiger partial charge in [0.25, 0.3) is 5.91 Å². The van der Waals surface area contributed by atoms with E-state index in [9.17, 15) is 9.59 Å². The van der Waals surface area contributed by atoms with Gasteiger partial charge in [-0.05, 0) is 47.0 Å². The summed E-state index contributed by atoms with van der Waals surface area (Å²) in [5.41, 5.74) is 0.663. The molecular formula is C18H16BrNO3S. The van der Waals surface area contributed by atoms with Crippen molar-refractivity contribution in [1.29, 1.82) is 0 Å². The molecule has 4 nitrogen and oxygen atoms in total. The largest absolute Gasteiger partial charge is 0.444 e. The van der Waals surface area contributed by atoms with E-state index in [1.807, 2.05) is 30.3 Å². The van der Waals surface area contributed by atoms with E-state index >= 15 is 0 Å². The van der Waals surface area contributed by atoms with Crippen LogP contribution < -0.4 is 5.32 Å². The summed E-state index contributed by atoms with van der Waals surface area (Å²) in [6.45, 7) is 0. The zero-order valence-electron chi connectivity index (χ0n) is 12.8. The van der Waals surface area contributed by atoms with Crippen molar-refractivity contribution in [2.45, 2.75) is 25.0 Å². The molecule has 1 amide bonds. The number of carbonyl (C=O) groups is 2. The highest BCUT2D eigenvalue weighted by Crippen LogP contribution is 2.25. The van der Waals surface area contributed by atoms with Gasteiger partial charge >= 0.3 is 5.97 Å². The van der Waals surface area contributed by atoms with Crippen LogP contribution in [0.1, 0.15) is 29.4 Å². The van der Waals surface area contributed by atoms with E-state index in [1.165, 1.54) is 17.4 Å². The molecule has 0 saturated heterocycles. The van der Waals surface area contributed by atoms with Crippen LogP contribution in [-0.4, -0.2) is 17.9 Å². The first-order valence-electron chi connectivity index (χ1n) is 7.61. The van der Waals surface area contributed by atoms with Crippen molar-refractivity contribution in [3.63, 3.8) is 0 Å². The number of hydrogen-bond acceptors (Lipinski definition) is 4. The summed E-state index contributed by atoms with van der Waals surface area (Å²) in [5, 5.41) is 2.89. The molecule has 3 rings (SSSR count). The summed E-state index contributed by atoms with van der Waals surface area (Å²) in [6.07, 6.45) is 4.05. The van der Waals surface area contributed by atoms with E-state index in [-0.39, 0.29) is 11.9 Å². The van der Waals surface area contributed by atoms with Gasteiger partial charge in [-0.1, -0.05) is 30.3 Å². The Morgan fingerprint density at radius 1 is 1.21 bits per heavy atom. The van der Waals surface area contributed by atoms with Crippen LogP contribution in [0.25, 0.3) is 6.08 Å². The molecule has 1 fully saturated rings. The van der Waals surface area contributed by atoms with Crippen LogP contribution >= 0.6 is 27.3 Å². The van der Waals surface area contributed by atoms with E-state index in [4.69, 9.17) is 4.74 Å². The molecule has 124 valence electrons. The average molecular weight is 406 g/mol. The summed E-state index contributed by atoms with van der Waals surface area (Å²) in [6, 6.07) is 13.1. The van der Waals surface area contributed by atoms with Crippen molar-refractivity contribution < 1.29 is 14.3 Å². The van der Waals surface area contributed by atoms with Crippen LogP contribution in [0.15, 0.2) is 52.3 Å². The van der Waals surface area contributed by atoms with Gasteiger partial charge in [0.2, 0.25) is 6.10 Å². The maximum absolute atomic E-state index is 12.4. The highest BCUT2D eigenvalue weighted by Gasteiger charge is 2.30. The second-order valence-corrected chi connectivity index (χ2v) is 7.98. The lowest BCUT2D eigenvalue weighted by Gasteiger charge is -2.17. The number of nitrogens with one attached hydrogen (secondary N) is 1. The van der Waals surface area contributed by atoms with Gasteiger partial charge in [0.05, 0.1) is 3.79 Å². The Hall–Kier alpha value is -1.92. The molecule has 6 heteroatoms. The van der Waals surface area contributed by atoms with Gasteiger partial charge in [-0.25, -0.2) is 4.79 Å². The first kappa shape index (κ1) is 16.9. The molecule has 1 atom stereocenters. The number of esters is 1. The maximum Gasteiger partial charge on any atom is 0.331 e. The fraction of sp³-hybridized carbons (Fsp3) is 0.222. The van der Waals surface area contributed by atoms with Crippen LogP contribution in [0.3, 0.4) is 0 Å². The van der Waals surface area contributed by atoms with E-state index in [1.54, 1.807) is 18.2 Å². The van der Waals surface area contributed by atoms with Crippen molar-refractivity contribution >= 4 is 45.2 Å². The topological polar surface area (TPSA) is 55.4 Å². The molecule has 0 radical (unpaired) electrons. The average Bonchev–Trinajstić information content (AvgIpc) is 3.30. The molecule has 1 saturated carbocycles. The zero-order valence-corrected chi connectivity index (χ0v) is 15.2. The first-order valence-corrected chi connectivity index (χ1v) is 9.22. The summed E-state index contributed by atoms with van der Waals surface area (Å²) >= 11 is 4.88. The van der Waals surface area contributed by atoms with Crippen LogP contribution in [0, 0.1) is 0 Å². The minimum Gasteiger partial charge on any atom is -0.444 e. The van der Waals surface area contributed by atoms with Crippen LogP contribution in [0.2, 0.25) is 0 Å². The Kier molecular flexibility index (Phi) is 5.48. The molecular weight excluding hydrogens is 390 g/mol. The van der Waals surface area contributed by atoms with Gasteiger partial charge in [0.15, 0.2) is 0 Å². The number of benzene rings is 1. The molecule has 0 unspecified atom stereocenters. The maximum atomic E-state index is 12.4. The molecule has 1 aliphatic rings. The van der Waals surface area contributed by atoms with Crippen molar-refractivity contribution in [2.75, 3.05) is 0 Å². The number of rotatable bonds is 6. The van der Waals surface area contributed by atoms with E-state index in [0.717, 1.165) is 21.5 Å². The van der Waals surface area contributed by atoms with Crippen molar-refractivity contribution in [2.24, 2.45) is 0 Å². The number of halogens is 1. The number of amides is 1. The highest BCUT2D eigenvalue weighted by molar-refractivity contribution is 9.11. The lowest BCUT2D eigenvalue weighted by molar-refractivity contribution is -0.151. The monoisotopic (exact) mass is 405 g/mol. The second-order valence-electron chi connectivity index (χ2n) is 5.49. The molecule has 1 aliphatic carbocycles. The minimum atomic E-state index is -0.931. The number of thiophene rings is 1. The number of ether oxygens (including phenoxy) is 1. The van der Waals surface area contributed by atoms with Crippen molar-refractivity contribution in [3.05, 3.63) is 62.8 Å². The molecule has 1 N–H and O–H groups in total. The van der Waals surface area contributed by atoms with Gasteiger partial charge in [-0.15, -0.1) is 11.3 Å². The van der Waals surface area contributed by atoms with Crippen LogP contribution in [-0.2, 0) is 14.3 Å². The Balaban J connectivity index is 1.69. The first-order chi connectivity index (χ1) is 11.6. The van der Waals surface area contributed by atoms with Gasteiger partial charge in [0.1, 0.15) is 0 Å². The third-order valence-corrected chi connectivity index (χ3v) is 5.06. The molecule has 0 bridgehead atoms. The smallest absolute Gasteiger partial charge is 0.331 e. The van der Waals surface area contributed by atoms with E-state index in [0.29, 0.717) is 5.56 Å². The summed E-state index contributed by atoms with van der Waals surface area (Å²) < 4.78 is 6.40. The third-order valence-electron chi connectivity index (χ3n) is 3.48. The normalized spacial score (nSPS) is 15.2. The number of hydrogen-bond donors (Lipinski definition) is 1. The second kappa shape index (κ2) is 7.77. The Labute approximate surface area is 152 Å². The molecule has 2 aromatic rings. The Bertz CT molecular complexity index is 753. The van der Waals surface area contributed by atoms with Crippen LogP contribution in [0.5, 0.6) is 0 Å². The quantitative estimate of drug-likeness (QED) is 0.581.